The van der Waals surface area contributed by atoms with Gasteiger partial charge in [0.1, 0.15) is 12.5 Å². The minimum absolute atomic E-state index is 0.313. The third-order valence-corrected chi connectivity index (χ3v) is 1.90. The Kier molecular flexibility index (Phi) is 2.57. The van der Waals surface area contributed by atoms with E-state index in [1.54, 1.807) is 0 Å². The molecule has 78 valence electrons. The van der Waals surface area contributed by atoms with Crippen molar-refractivity contribution in [2.24, 2.45) is 0 Å². The van der Waals surface area contributed by atoms with E-state index in [1.165, 1.54) is 24.8 Å². The number of hydrogen-bond donors (Lipinski definition) is 2. The molecular weight excluding hydrogens is 204 g/mol. The first kappa shape index (κ1) is 9.94. The van der Waals surface area contributed by atoms with Crippen LogP contribution in [0.25, 0.3) is 0 Å². The number of pyridine rings is 1. The van der Waals surface area contributed by atoms with Crippen molar-refractivity contribution < 1.29 is 23.9 Å². The Bertz CT molecular complexity index is 390. The molecule has 0 aromatic carbocycles. The highest BCUT2D eigenvalue weighted by Crippen LogP contribution is 2.22. The van der Waals surface area contributed by atoms with Crippen molar-refractivity contribution in [1.82, 2.24) is 4.98 Å². The Morgan fingerprint density at radius 2 is 2.00 bits per heavy atom. The van der Waals surface area contributed by atoms with Crippen LogP contribution in [0.1, 0.15) is 11.9 Å². The van der Waals surface area contributed by atoms with Gasteiger partial charge in [-0.2, -0.15) is 4.39 Å². The standard InChI is InChI=1S/C8H7BFNO4/c10-7-6(9(12)13)3-5(4-11-7)8-14-1-2-15-8/h1-4,8,12-13H. The van der Waals surface area contributed by atoms with Gasteiger partial charge in [-0.05, 0) is 6.07 Å². The molecule has 1 aromatic heterocycles. The minimum Gasteiger partial charge on any atom is -0.455 e. The topological polar surface area (TPSA) is 71.8 Å². The SMILES string of the molecule is OB(O)c1cc(C2OC=CO2)cnc1F. The Hall–Kier alpha value is -1.60. The maximum Gasteiger partial charge on any atom is 0.493 e. The number of ether oxygens (including phenoxy) is 2. The summed E-state index contributed by atoms with van der Waals surface area (Å²) in [7, 11) is -1.91. The quantitative estimate of drug-likeness (QED) is 0.505. The highest BCUT2D eigenvalue weighted by Gasteiger charge is 2.22. The lowest BCUT2D eigenvalue weighted by Crippen LogP contribution is -2.34. The maximum absolute atomic E-state index is 13.0. The molecule has 1 aromatic rings. The van der Waals surface area contributed by atoms with Crippen LogP contribution in [-0.4, -0.2) is 22.2 Å². The number of nitrogens with zero attached hydrogens (tertiary/aromatic N) is 1. The van der Waals surface area contributed by atoms with Crippen molar-refractivity contribution in [3.05, 3.63) is 36.3 Å². The second-order valence-corrected chi connectivity index (χ2v) is 2.90. The van der Waals surface area contributed by atoms with Gasteiger partial charge in [-0.3, -0.25) is 0 Å². The number of hydrogen-bond acceptors (Lipinski definition) is 5. The van der Waals surface area contributed by atoms with Gasteiger partial charge in [0.05, 0.1) is 5.56 Å². The van der Waals surface area contributed by atoms with Crippen molar-refractivity contribution >= 4 is 12.6 Å². The van der Waals surface area contributed by atoms with E-state index in [-0.39, 0.29) is 5.46 Å². The van der Waals surface area contributed by atoms with Crippen LogP contribution in [-0.2, 0) is 9.47 Å². The molecule has 0 bridgehead atoms. The van der Waals surface area contributed by atoms with E-state index in [0.29, 0.717) is 5.56 Å². The normalized spacial score (nSPS) is 14.9. The van der Waals surface area contributed by atoms with Gasteiger partial charge >= 0.3 is 7.12 Å². The van der Waals surface area contributed by atoms with Crippen LogP contribution in [0, 0.1) is 5.95 Å². The van der Waals surface area contributed by atoms with Crippen LogP contribution in [0.5, 0.6) is 0 Å². The lowest BCUT2D eigenvalue weighted by atomic mass is 9.80. The van der Waals surface area contributed by atoms with Crippen LogP contribution >= 0.6 is 0 Å². The minimum atomic E-state index is -1.91. The van der Waals surface area contributed by atoms with Gasteiger partial charge in [0.25, 0.3) is 6.29 Å². The van der Waals surface area contributed by atoms with E-state index in [4.69, 9.17) is 19.5 Å². The molecule has 1 aliphatic heterocycles. The van der Waals surface area contributed by atoms with E-state index in [1.807, 2.05) is 0 Å². The first-order chi connectivity index (χ1) is 7.18. The summed E-state index contributed by atoms with van der Waals surface area (Å²) in [5.41, 5.74) is 0.0936. The molecule has 2 rings (SSSR count). The number of aromatic nitrogens is 1. The van der Waals surface area contributed by atoms with E-state index in [0.717, 1.165) is 0 Å². The Morgan fingerprint density at radius 3 is 2.60 bits per heavy atom. The molecule has 0 aliphatic carbocycles. The molecule has 0 radical (unpaired) electrons. The smallest absolute Gasteiger partial charge is 0.455 e. The highest BCUT2D eigenvalue weighted by molar-refractivity contribution is 6.58. The Labute approximate surface area is 84.9 Å². The fourth-order valence-electron chi connectivity index (χ4n) is 1.19. The van der Waals surface area contributed by atoms with Gasteiger partial charge in [-0.25, -0.2) is 4.98 Å². The van der Waals surface area contributed by atoms with Gasteiger partial charge in [0, 0.05) is 11.7 Å². The summed E-state index contributed by atoms with van der Waals surface area (Å²) in [5, 5.41) is 17.7. The van der Waals surface area contributed by atoms with E-state index in [9.17, 15) is 4.39 Å². The molecule has 2 N–H and O–H groups in total. The van der Waals surface area contributed by atoms with Crippen molar-refractivity contribution in [2.45, 2.75) is 6.29 Å². The molecule has 0 amide bonds. The predicted octanol–water partition coefficient (Wildman–Crippen LogP) is -0.583. The summed E-state index contributed by atoms with van der Waals surface area (Å²) in [6.07, 6.45) is 3.17. The maximum atomic E-state index is 13.0. The first-order valence-electron chi connectivity index (χ1n) is 4.16. The third kappa shape index (κ3) is 1.93. The van der Waals surface area contributed by atoms with Crippen LogP contribution < -0.4 is 5.46 Å². The second-order valence-electron chi connectivity index (χ2n) is 2.90. The van der Waals surface area contributed by atoms with Gasteiger partial charge in [0.15, 0.2) is 0 Å². The molecule has 0 saturated heterocycles. The summed E-state index contributed by atoms with van der Waals surface area (Å²) < 4.78 is 22.9. The molecule has 0 saturated carbocycles. The van der Waals surface area contributed by atoms with Crippen LogP contribution in [0.4, 0.5) is 4.39 Å². The summed E-state index contributed by atoms with van der Waals surface area (Å²) >= 11 is 0. The molecule has 0 spiro atoms. The summed E-state index contributed by atoms with van der Waals surface area (Å²) in [6, 6.07) is 1.23. The van der Waals surface area contributed by atoms with Crippen LogP contribution in [0.3, 0.4) is 0 Å². The lowest BCUT2D eigenvalue weighted by Gasteiger charge is -2.11. The Balaban J connectivity index is 2.29. The number of rotatable bonds is 2. The predicted molar refractivity (Wildman–Crippen MR) is 48.1 cm³/mol. The monoisotopic (exact) mass is 211 g/mol. The van der Waals surface area contributed by atoms with Gasteiger partial charge < -0.3 is 19.5 Å². The zero-order valence-corrected chi connectivity index (χ0v) is 7.50. The van der Waals surface area contributed by atoms with E-state index >= 15 is 0 Å². The average Bonchev–Trinajstić information content (AvgIpc) is 2.71. The van der Waals surface area contributed by atoms with Crippen molar-refractivity contribution in [1.29, 1.82) is 0 Å². The van der Waals surface area contributed by atoms with Crippen molar-refractivity contribution in [3.8, 4) is 0 Å². The molecular formula is C8H7BFNO4. The molecule has 5 nitrogen and oxygen atoms in total. The molecule has 0 unspecified atom stereocenters. The van der Waals surface area contributed by atoms with Crippen LogP contribution in [0.2, 0.25) is 0 Å². The molecule has 2 heterocycles. The fourth-order valence-corrected chi connectivity index (χ4v) is 1.19. The summed E-state index contributed by atoms with van der Waals surface area (Å²) in [4.78, 5) is 3.37. The van der Waals surface area contributed by atoms with Gasteiger partial charge in [0.2, 0.25) is 5.95 Å². The number of halogens is 1. The summed E-state index contributed by atoms with van der Waals surface area (Å²) in [5.74, 6) is -0.931. The zero-order valence-electron chi connectivity index (χ0n) is 7.50. The molecule has 1 aliphatic rings. The van der Waals surface area contributed by atoms with Crippen LogP contribution in [0.15, 0.2) is 24.8 Å². The van der Waals surface area contributed by atoms with Gasteiger partial charge in [-0.1, -0.05) is 0 Å². The lowest BCUT2D eigenvalue weighted by molar-refractivity contribution is -0.0248. The molecule has 7 heteroatoms. The van der Waals surface area contributed by atoms with E-state index in [2.05, 4.69) is 4.98 Å². The van der Waals surface area contributed by atoms with Crippen molar-refractivity contribution in [3.63, 3.8) is 0 Å². The zero-order chi connectivity index (χ0) is 10.8. The molecule has 0 atom stereocenters. The highest BCUT2D eigenvalue weighted by atomic mass is 19.1. The molecule has 0 fully saturated rings. The van der Waals surface area contributed by atoms with E-state index < -0.39 is 19.4 Å². The Morgan fingerprint density at radius 1 is 1.33 bits per heavy atom. The second kappa shape index (κ2) is 3.88. The first-order valence-corrected chi connectivity index (χ1v) is 4.16. The van der Waals surface area contributed by atoms with Crippen molar-refractivity contribution in [2.75, 3.05) is 0 Å². The fraction of sp³-hybridized carbons (Fsp3) is 0.125. The van der Waals surface area contributed by atoms with Gasteiger partial charge in [-0.15, -0.1) is 0 Å². The largest absolute Gasteiger partial charge is 0.493 e. The summed E-state index contributed by atoms with van der Waals surface area (Å²) in [6.45, 7) is 0. The third-order valence-electron chi connectivity index (χ3n) is 1.90. The molecule has 15 heavy (non-hydrogen) atoms. The average molecular weight is 211 g/mol.